The maximum absolute atomic E-state index is 12.3. The largest absolute Gasteiger partial charge is 0.394 e. The number of aryl methyl sites for hydroxylation is 2. The Hall–Kier alpha value is -1.39. The quantitative estimate of drug-likeness (QED) is 0.908. The van der Waals surface area contributed by atoms with Crippen LogP contribution >= 0.6 is 0 Å². The van der Waals surface area contributed by atoms with Gasteiger partial charge in [-0.1, -0.05) is 24.3 Å². The molecular weight excluding hydrogens is 254 g/mol. The van der Waals surface area contributed by atoms with Gasteiger partial charge in [-0.15, -0.1) is 0 Å². The van der Waals surface area contributed by atoms with E-state index in [1.807, 2.05) is 24.0 Å². The number of morpholine rings is 1. The van der Waals surface area contributed by atoms with Crippen molar-refractivity contribution in [2.24, 2.45) is 0 Å². The normalized spacial score (nSPS) is 22.9. The summed E-state index contributed by atoms with van der Waals surface area (Å²) in [5, 5.41) is 9.19. The molecule has 0 aliphatic carbocycles. The van der Waals surface area contributed by atoms with Crippen LogP contribution in [0.25, 0.3) is 0 Å². The van der Waals surface area contributed by atoms with Crippen LogP contribution in [0.1, 0.15) is 24.5 Å². The highest BCUT2D eigenvalue weighted by Crippen LogP contribution is 2.14. The zero-order chi connectivity index (χ0) is 14.5. The van der Waals surface area contributed by atoms with Gasteiger partial charge in [-0.2, -0.15) is 0 Å². The van der Waals surface area contributed by atoms with Crippen molar-refractivity contribution < 1.29 is 14.6 Å². The molecule has 0 bridgehead atoms. The summed E-state index contributed by atoms with van der Waals surface area (Å²) < 4.78 is 5.55. The van der Waals surface area contributed by atoms with Crippen molar-refractivity contribution >= 4 is 5.91 Å². The lowest BCUT2D eigenvalue weighted by molar-refractivity contribution is -0.147. The number of carbonyl (C=O) groups is 1. The zero-order valence-corrected chi connectivity index (χ0v) is 12.2. The average Bonchev–Trinajstić information content (AvgIpc) is 2.45. The molecule has 0 saturated carbocycles. The van der Waals surface area contributed by atoms with Crippen LogP contribution in [0, 0.1) is 6.92 Å². The van der Waals surface area contributed by atoms with Crippen LogP contribution < -0.4 is 0 Å². The van der Waals surface area contributed by atoms with Gasteiger partial charge in [-0.3, -0.25) is 4.79 Å². The van der Waals surface area contributed by atoms with Crippen molar-refractivity contribution in [3.8, 4) is 0 Å². The van der Waals surface area contributed by atoms with Crippen molar-refractivity contribution in [3.63, 3.8) is 0 Å². The molecule has 1 saturated heterocycles. The van der Waals surface area contributed by atoms with Crippen LogP contribution in [-0.2, 0) is 16.0 Å². The van der Waals surface area contributed by atoms with E-state index in [0.717, 1.165) is 6.42 Å². The molecule has 1 amide bonds. The van der Waals surface area contributed by atoms with E-state index in [0.29, 0.717) is 19.5 Å². The molecule has 2 atom stereocenters. The molecule has 110 valence electrons. The molecule has 1 fully saturated rings. The minimum Gasteiger partial charge on any atom is -0.394 e. The molecule has 1 N–H and O–H groups in total. The van der Waals surface area contributed by atoms with Gasteiger partial charge in [0.25, 0.3) is 0 Å². The van der Waals surface area contributed by atoms with Gasteiger partial charge in [0.05, 0.1) is 18.8 Å². The monoisotopic (exact) mass is 277 g/mol. The number of hydrogen-bond acceptors (Lipinski definition) is 3. The molecule has 2 unspecified atom stereocenters. The Morgan fingerprint density at radius 1 is 1.40 bits per heavy atom. The van der Waals surface area contributed by atoms with Gasteiger partial charge < -0.3 is 14.7 Å². The standard InChI is InChI=1S/C16H23NO3/c1-12-5-3-4-6-14(12)7-8-16(19)17-9-13(2)20-15(10-17)11-18/h3-6,13,15,18H,7-11H2,1-2H3. The second kappa shape index (κ2) is 6.86. The molecule has 0 spiro atoms. The van der Waals surface area contributed by atoms with Gasteiger partial charge in [-0.25, -0.2) is 0 Å². The second-order valence-corrected chi connectivity index (χ2v) is 5.48. The Morgan fingerprint density at radius 2 is 2.15 bits per heavy atom. The van der Waals surface area contributed by atoms with Crippen molar-refractivity contribution in [1.82, 2.24) is 4.90 Å². The average molecular weight is 277 g/mol. The van der Waals surface area contributed by atoms with Crippen LogP contribution in [0.5, 0.6) is 0 Å². The van der Waals surface area contributed by atoms with Crippen molar-refractivity contribution in [1.29, 1.82) is 0 Å². The molecule has 1 aromatic rings. The summed E-state index contributed by atoms with van der Waals surface area (Å²) in [4.78, 5) is 14.1. The van der Waals surface area contributed by atoms with Crippen molar-refractivity contribution in [3.05, 3.63) is 35.4 Å². The lowest BCUT2D eigenvalue weighted by Gasteiger charge is -2.36. The summed E-state index contributed by atoms with van der Waals surface area (Å²) in [6.07, 6.45) is 1.01. The molecule has 1 aromatic carbocycles. The van der Waals surface area contributed by atoms with Gasteiger partial charge in [0, 0.05) is 19.5 Å². The third kappa shape index (κ3) is 3.81. The lowest BCUT2D eigenvalue weighted by Crippen LogP contribution is -2.50. The summed E-state index contributed by atoms with van der Waals surface area (Å²) in [7, 11) is 0. The van der Waals surface area contributed by atoms with E-state index < -0.39 is 0 Å². The Balaban J connectivity index is 1.90. The molecule has 20 heavy (non-hydrogen) atoms. The van der Waals surface area contributed by atoms with E-state index in [1.165, 1.54) is 11.1 Å². The number of amides is 1. The third-order valence-electron chi connectivity index (χ3n) is 3.75. The fourth-order valence-electron chi connectivity index (χ4n) is 2.64. The highest BCUT2D eigenvalue weighted by Gasteiger charge is 2.27. The summed E-state index contributed by atoms with van der Waals surface area (Å²) in [6.45, 7) is 5.07. The van der Waals surface area contributed by atoms with Gasteiger partial charge in [-0.05, 0) is 31.4 Å². The van der Waals surface area contributed by atoms with Crippen LogP contribution in [0.4, 0.5) is 0 Å². The predicted octanol–water partition coefficient (Wildman–Crippen LogP) is 1.54. The first kappa shape index (κ1) is 15.0. The molecule has 4 nitrogen and oxygen atoms in total. The summed E-state index contributed by atoms with van der Waals surface area (Å²) in [6, 6.07) is 8.15. The molecule has 1 aliphatic heterocycles. The van der Waals surface area contributed by atoms with Crippen LogP contribution in [0.2, 0.25) is 0 Å². The Kier molecular flexibility index (Phi) is 5.15. The fourth-order valence-corrected chi connectivity index (χ4v) is 2.64. The van der Waals surface area contributed by atoms with Gasteiger partial charge in [0.15, 0.2) is 0 Å². The SMILES string of the molecule is Cc1ccccc1CCC(=O)N1CC(C)OC(CO)C1. The number of rotatable bonds is 4. The lowest BCUT2D eigenvalue weighted by atomic mass is 10.0. The number of ether oxygens (including phenoxy) is 1. The summed E-state index contributed by atoms with van der Waals surface area (Å²) in [5.74, 6) is 0.141. The maximum atomic E-state index is 12.3. The molecule has 1 heterocycles. The highest BCUT2D eigenvalue weighted by molar-refractivity contribution is 5.76. The van der Waals surface area contributed by atoms with Gasteiger partial charge in [0.2, 0.25) is 5.91 Å². The molecule has 1 aliphatic rings. The number of carbonyl (C=O) groups excluding carboxylic acids is 1. The summed E-state index contributed by atoms with van der Waals surface area (Å²) >= 11 is 0. The minimum atomic E-state index is -0.249. The number of hydrogen-bond donors (Lipinski definition) is 1. The van der Waals surface area contributed by atoms with Crippen LogP contribution in [0.3, 0.4) is 0 Å². The topological polar surface area (TPSA) is 49.8 Å². The molecule has 2 rings (SSSR count). The van der Waals surface area contributed by atoms with Crippen molar-refractivity contribution in [2.75, 3.05) is 19.7 Å². The number of benzene rings is 1. The summed E-state index contributed by atoms with van der Waals surface area (Å²) in [5.41, 5.74) is 2.45. The first-order valence-corrected chi connectivity index (χ1v) is 7.18. The predicted molar refractivity (Wildman–Crippen MR) is 77.5 cm³/mol. The van der Waals surface area contributed by atoms with E-state index in [-0.39, 0.29) is 24.7 Å². The van der Waals surface area contributed by atoms with Gasteiger partial charge >= 0.3 is 0 Å². The molecule has 0 aromatic heterocycles. The van der Waals surface area contributed by atoms with Crippen LogP contribution in [-0.4, -0.2) is 47.8 Å². The Morgan fingerprint density at radius 3 is 2.85 bits per heavy atom. The zero-order valence-electron chi connectivity index (χ0n) is 12.2. The molecular formula is C16H23NO3. The number of aliphatic hydroxyl groups is 1. The van der Waals surface area contributed by atoms with E-state index in [2.05, 4.69) is 19.1 Å². The first-order chi connectivity index (χ1) is 9.60. The fraction of sp³-hybridized carbons (Fsp3) is 0.562. The van der Waals surface area contributed by atoms with E-state index in [4.69, 9.17) is 4.74 Å². The van der Waals surface area contributed by atoms with Crippen LogP contribution in [0.15, 0.2) is 24.3 Å². The Bertz CT molecular complexity index is 461. The highest BCUT2D eigenvalue weighted by atomic mass is 16.5. The first-order valence-electron chi connectivity index (χ1n) is 7.18. The molecule has 4 heteroatoms. The maximum Gasteiger partial charge on any atom is 0.223 e. The van der Waals surface area contributed by atoms with E-state index in [1.54, 1.807) is 0 Å². The van der Waals surface area contributed by atoms with E-state index in [9.17, 15) is 9.90 Å². The minimum absolute atomic E-state index is 0.0108. The molecule has 0 radical (unpaired) electrons. The number of nitrogens with zero attached hydrogens (tertiary/aromatic N) is 1. The third-order valence-corrected chi connectivity index (χ3v) is 3.75. The number of aliphatic hydroxyl groups excluding tert-OH is 1. The smallest absolute Gasteiger partial charge is 0.223 e. The van der Waals surface area contributed by atoms with Gasteiger partial charge in [0.1, 0.15) is 0 Å². The Labute approximate surface area is 120 Å². The van der Waals surface area contributed by atoms with E-state index >= 15 is 0 Å². The second-order valence-electron chi connectivity index (χ2n) is 5.48. The van der Waals surface area contributed by atoms with Crippen molar-refractivity contribution in [2.45, 2.75) is 38.9 Å².